The number of aromatic nitrogens is 2. The van der Waals surface area contributed by atoms with Crippen LogP contribution in [0.2, 0.25) is 5.15 Å². The van der Waals surface area contributed by atoms with Crippen LogP contribution in [0.4, 0.5) is 5.00 Å². The second kappa shape index (κ2) is 10.7. The van der Waals surface area contributed by atoms with Gasteiger partial charge in [-0.15, -0.1) is 0 Å². The Bertz CT molecular complexity index is 686. The number of amides is 1. The van der Waals surface area contributed by atoms with E-state index in [9.17, 15) is 4.79 Å². The Labute approximate surface area is 172 Å². The van der Waals surface area contributed by atoms with Crippen molar-refractivity contribution in [3.05, 3.63) is 29.7 Å². The molecule has 0 aliphatic heterocycles. The van der Waals surface area contributed by atoms with Gasteiger partial charge >= 0.3 is 173 Å². The molecule has 5 nitrogen and oxygen atoms in total. The molecule has 1 N–H and O–H groups in total. The summed E-state index contributed by atoms with van der Waals surface area (Å²) >= 11 is 9.41. The van der Waals surface area contributed by atoms with E-state index in [4.69, 9.17) is 11.6 Å². The summed E-state index contributed by atoms with van der Waals surface area (Å²) in [5.41, 5.74) is 0.910. The van der Waals surface area contributed by atoms with Crippen molar-refractivity contribution in [3.8, 4) is 10.6 Å². The van der Waals surface area contributed by atoms with Gasteiger partial charge in [0.1, 0.15) is 0 Å². The van der Waals surface area contributed by atoms with Crippen LogP contribution in [0.3, 0.4) is 0 Å². The number of nitrogens with zero attached hydrogens (tertiary/aromatic N) is 3. The van der Waals surface area contributed by atoms with Crippen LogP contribution in [0.15, 0.2) is 24.5 Å². The van der Waals surface area contributed by atoms with E-state index < -0.39 is 0 Å². The Morgan fingerprint density at radius 3 is 3.00 bits per heavy atom. The van der Waals surface area contributed by atoms with Crippen LogP contribution in [0.5, 0.6) is 0 Å². The average molecular weight is 512 g/mol. The molecule has 2 heterocycles. The van der Waals surface area contributed by atoms with Crippen molar-refractivity contribution in [2.24, 2.45) is 5.92 Å². The third-order valence-corrected chi connectivity index (χ3v) is 7.48. The van der Waals surface area contributed by atoms with Crippen LogP contribution < -0.4 is 29.9 Å². The van der Waals surface area contributed by atoms with Crippen LogP contribution in [0, 0.1) is 5.92 Å². The summed E-state index contributed by atoms with van der Waals surface area (Å²) in [6.45, 7) is 2.63. The van der Waals surface area contributed by atoms with E-state index in [-0.39, 0.29) is 33.3 Å². The predicted molar refractivity (Wildman–Crippen MR) is 104 cm³/mol. The van der Waals surface area contributed by atoms with Gasteiger partial charge in [-0.1, -0.05) is 0 Å². The Kier molecular flexibility index (Phi) is 8.91. The van der Waals surface area contributed by atoms with Gasteiger partial charge in [-0.25, -0.2) is 0 Å². The molecule has 2 aromatic rings. The molecule has 0 spiro atoms. The molecule has 0 fully saturated rings. The summed E-state index contributed by atoms with van der Waals surface area (Å²) in [7, 11) is 1.95. The molecule has 0 saturated carbocycles. The zero-order valence-corrected chi connectivity index (χ0v) is 18.9. The number of thiazole rings is 1. The molecule has 0 aliphatic rings. The van der Waals surface area contributed by atoms with Crippen molar-refractivity contribution in [1.82, 2.24) is 13.5 Å². The maximum atomic E-state index is 12.9. The van der Waals surface area contributed by atoms with Crippen molar-refractivity contribution in [2.45, 2.75) is 6.92 Å². The summed E-state index contributed by atoms with van der Waals surface area (Å²) in [5, 5.41) is 1.90. The number of carbonyl (C=O) groups is 1. The van der Waals surface area contributed by atoms with Gasteiger partial charge in [-0.3, -0.25) is 0 Å². The molecule has 9 heteroatoms. The van der Waals surface area contributed by atoms with Crippen molar-refractivity contribution >= 4 is 45.6 Å². The van der Waals surface area contributed by atoms with Gasteiger partial charge in [-0.2, -0.15) is 0 Å². The first kappa shape index (κ1) is 20.9. The molecule has 0 radical (unpaired) electrons. The van der Waals surface area contributed by atoms with Gasteiger partial charge < -0.3 is 0 Å². The molecular weight excluding hydrogens is 491 g/mol. The van der Waals surface area contributed by atoms with Gasteiger partial charge in [-0.05, 0) is 0 Å². The van der Waals surface area contributed by atoms with E-state index in [1.807, 2.05) is 37.3 Å². The zero-order valence-electron chi connectivity index (χ0n) is 14.3. The van der Waals surface area contributed by atoms with Crippen LogP contribution in [0.25, 0.3) is 10.6 Å². The number of nitrogens with one attached hydrogen (secondary N) is 1. The summed E-state index contributed by atoms with van der Waals surface area (Å²) in [6.07, 6.45) is 5.50. The number of hydrogen-bond donors (Lipinski definition) is 1. The molecule has 0 saturated heterocycles. The Morgan fingerprint density at radius 2 is 2.36 bits per heavy atom. The number of alkyl halides is 1. The topological polar surface area (TPSA) is 58.1 Å². The van der Waals surface area contributed by atoms with Crippen molar-refractivity contribution in [3.63, 3.8) is 0 Å². The zero-order chi connectivity index (χ0) is 18.2. The SMILES string of the molecule is CN[I-]CCN(C(=O)C(C)CSC)c1sc(-c2cccnc2)nc1Cl. The molecule has 0 bridgehead atoms. The monoisotopic (exact) mass is 511 g/mol. The molecule has 2 rings (SSSR count). The van der Waals surface area contributed by atoms with Crippen molar-refractivity contribution in [1.29, 1.82) is 0 Å². The first-order chi connectivity index (χ1) is 12.1. The van der Waals surface area contributed by atoms with Crippen LogP contribution >= 0.6 is 34.7 Å². The van der Waals surface area contributed by atoms with Crippen LogP contribution in [0.1, 0.15) is 6.92 Å². The Morgan fingerprint density at radius 1 is 1.56 bits per heavy atom. The molecule has 1 atom stereocenters. The average Bonchev–Trinajstić information content (AvgIpc) is 3.01. The van der Waals surface area contributed by atoms with E-state index in [0.717, 1.165) is 25.8 Å². The normalized spacial score (nSPS) is 12.3. The summed E-state index contributed by atoms with van der Waals surface area (Å²) < 4.78 is 4.19. The van der Waals surface area contributed by atoms with E-state index in [1.54, 1.807) is 24.2 Å². The molecular formula is C16H21ClIN4OS2-. The quantitative estimate of drug-likeness (QED) is 0.229. The molecule has 138 valence electrons. The summed E-state index contributed by atoms with van der Waals surface area (Å²) in [5.74, 6) is 0.850. The standard InChI is InChI=1S/C16H21ClIN4OS2/c1-11(10-24-3)15(23)22(8-6-18-19-2)16-13(17)21-14(25-16)12-5-4-7-20-9-12/h4-5,7,9,11,19H,6,8,10H2,1-3H3/q-1. The van der Waals surface area contributed by atoms with Crippen LogP contribution in [-0.4, -0.2) is 45.9 Å². The third kappa shape index (κ3) is 5.78. The molecule has 0 aromatic carbocycles. The molecule has 25 heavy (non-hydrogen) atoms. The number of anilines is 1. The fraction of sp³-hybridized carbons (Fsp3) is 0.438. The number of halogens is 2. The molecule has 2 aromatic heterocycles. The van der Waals surface area contributed by atoms with E-state index in [1.165, 1.54) is 11.3 Å². The minimum absolute atomic E-state index is 0.0530. The second-order valence-electron chi connectivity index (χ2n) is 5.21. The Balaban J connectivity index is 2.30. The first-order valence-corrected chi connectivity index (χ1v) is 12.9. The fourth-order valence-corrected chi connectivity index (χ4v) is 5.43. The summed E-state index contributed by atoms with van der Waals surface area (Å²) in [6, 6.07) is 3.81. The first-order valence-electron chi connectivity index (χ1n) is 7.70. The van der Waals surface area contributed by atoms with E-state index in [0.29, 0.717) is 11.7 Å². The number of pyridine rings is 1. The van der Waals surface area contributed by atoms with Gasteiger partial charge in [0, 0.05) is 0 Å². The third-order valence-electron chi connectivity index (χ3n) is 3.36. The van der Waals surface area contributed by atoms with Gasteiger partial charge in [0.2, 0.25) is 0 Å². The van der Waals surface area contributed by atoms with Gasteiger partial charge in [0.05, 0.1) is 0 Å². The van der Waals surface area contributed by atoms with Crippen molar-refractivity contribution in [2.75, 3.05) is 34.9 Å². The van der Waals surface area contributed by atoms with Gasteiger partial charge in [0.15, 0.2) is 0 Å². The van der Waals surface area contributed by atoms with Crippen molar-refractivity contribution < 1.29 is 26.3 Å². The second-order valence-corrected chi connectivity index (χ2v) is 10.4. The number of carbonyl (C=O) groups excluding carboxylic acids is 1. The summed E-state index contributed by atoms with van der Waals surface area (Å²) in [4.78, 5) is 23.3. The molecule has 0 aliphatic carbocycles. The van der Waals surface area contributed by atoms with Crippen LogP contribution in [-0.2, 0) is 4.79 Å². The van der Waals surface area contributed by atoms with E-state index >= 15 is 0 Å². The molecule has 1 unspecified atom stereocenters. The predicted octanol–water partition coefficient (Wildman–Crippen LogP) is 0.414. The molecule has 1 amide bonds. The van der Waals surface area contributed by atoms with E-state index in [2.05, 4.69) is 13.5 Å². The number of hydrogen-bond acceptors (Lipinski definition) is 6. The maximum absolute atomic E-state index is 12.9. The number of thioether (sulfide) groups is 1. The van der Waals surface area contributed by atoms with Gasteiger partial charge in [0.25, 0.3) is 0 Å². The number of rotatable bonds is 9. The minimum atomic E-state index is -0.117. The Hall–Kier alpha value is -0.420. The fourth-order valence-electron chi connectivity index (χ4n) is 2.19.